The minimum absolute atomic E-state index is 0.426. The average Bonchev–Trinajstić information content (AvgIpc) is 2.76. The third-order valence-electron chi connectivity index (χ3n) is 4.33. The Labute approximate surface area is 167 Å². The highest BCUT2D eigenvalue weighted by Gasteiger charge is 2.30. The van der Waals surface area contributed by atoms with Crippen LogP contribution in [0.4, 0.5) is 0 Å². The van der Waals surface area contributed by atoms with Gasteiger partial charge in [-0.15, -0.1) is 0 Å². The van der Waals surface area contributed by atoms with Crippen molar-refractivity contribution in [3.8, 4) is 17.6 Å². The molecular weight excluding hydrogens is 344 g/mol. The zero-order valence-corrected chi connectivity index (χ0v) is 16.0. The van der Waals surface area contributed by atoms with Gasteiger partial charge in [-0.05, 0) is 35.6 Å². The lowest BCUT2D eigenvalue weighted by atomic mass is 9.85. The van der Waals surface area contributed by atoms with Crippen LogP contribution >= 0.6 is 0 Å². The number of benzene rings is 3. The second kappa shape index (κ2) is 9.60. The third kappa shape index (κ3) is 4.91. The molecule has 0 radical (unpaired) electrons. The lowest BCUT2D eigenvalue weighted by Gasteiger charge is -2.26. The molecule has 0 aliphatic rings. The van der Waals surface area contributed by atoms with Crippen LogP contribution in [0.15, 0.2) is 103 Å². The Balaban J connectivity index is 2.10. The topological polar surface area (TPSA) is 29.5 Å². The predicted octanol–water partition coefficient (Wildman–Crippen LogP) is 5.69. The number of para-hydroxylation sites is 1. The van der Waals surface area contributed by atoms with Crippen molar-refractivity contribution in [3.05, 3.63) is 114 Å². The molecule has 1 N–H and O–H groups in total. The standard InChI is InChI=1S/C26H24O2/c1-2-3-7-20-25(28-24-18-12-6-13-19-24)21-26(27,22-14-8-4-9-15-22)23-16-10-5-11-17-23/h4-6,8-19,21,27H,2-3H2,1H3/b25-21-. The van der Waals surface area contributed by atoms with Crippen molar-refractivity contribution in [3.63, 3.8) is 0 Å². The zero-order chi connectivity index (χ0) is 19.7. The fraction of sp³-hybridized carbons (Fsp3) is 0.154. The van der Waals surface area contributed by atoms with E-state index in [-0.39, 0.29) is 0 Å². The molecule has 0 aliphatic heterocycles. The van der Waals surface area contributed by atoms with Crippen LogP contribution < -0.4 is 4.74 Å². The molecule has 0 spiro atoms. The highest BCUT2D eigenvalue weighted by molar-refractivity contribution is 5.44. The Hall–Kier alpha value is -3.28. The molecule has 0 bridgehead atoms. The van der Waals surface area contributed by atoms with Crippen LogP contribution in [0.2, 0.25) is 0 Å². The monoisotopic (exact) mass is 368 g/mol. The lowest BCUT2D eigenvalue weighted by Crippen LogP contribution is -2.25. The first-order valence-corrected chi connectivity index (χ1v) is 9.50. The summed E-state index contributed by atoms with van der Waals surface area (Å²) in [6.07, 6.45) is 3.44. The van der Waals surface area contributed by atoms with E-state index in [4.69, 9.17) is 4.74 Å². The van der Waals surface area contributed by atoms with Crippen LogP contribution in [0.5, 0.6) is 5.75 Å². The van der Waals surface area contributed by atoms with Gasteiger partial charge in [0.25, 0.3) is 0 Å². The molecule has 3 aromatic carbocycles. The van der Waals surface area contributed by atoms with Crippen molar-refractivity contribution in [2.24, 2.45) is 0 Å². The van der Waals surface area contributed by atoms with E-state index in [1.54, 1.807) is 6.08 Å². The number of hydrogen-bond acceptors (Lipinski definition) is 2. The van der Waals surface area contributed by atoms with E-state index in [0.29, 0.717) is 11.5 Å². The summed E-state index contributed by atoms with van der Waals surface area (Å²) in [6, 6.07) is 28.6. The maximum Gasteiger partial charge on any atom is 0.176 e. The van der Waals surface area contributed by atoms with Crippen molar-refractivity contribution in [2.45, 2.75) is 25.4 Å². The summed E-state index contributed by atoms with van der Waals surface area (Å²) in [4.78, 5) is 0. The van der Waals surface area contributed by atoms with Gasteiger partial charge in [-0.1, -0.05) is 91.7 Å². The fourth-order valence-corrected chi connectivity index (χ4v) is 2.89. The van der Waals surface area contributed by atoms with Crippen molar-refractivity contribution in [2.75, 3.05) is 0 Å². The fourth-order valence-electron chi connectivity index (χ4n) is 2.89. The maximum absolute atomic E-state index is 11.7. The molecule has 2 nitrogen and oxygen atoms in total. The molecule has 0 saturated carbocycles. The van der Waals surface area contributed by atoms with Crippen molar-refractivity contribution in [1.29, 1.82) is 0 Å². The van der Waals surface area contributed by atoms with Gasteiger partial charge in [0.2, 0.25) is 0 Å². The third-order valence-corrected chi connectivity index (χ3v) is 4.33. The molecular formula is C26H24O2. The molecule has 0 heterocycles. The SMILES string of the molecule is CCCC#C/C(=C/C(O)(c1ccccc1)c1ccccc1)Oc1ccccc1. The van der Waals surface area contributed by atoms with Gasteiger partial charge in [-0.25, -0.2) is 0 Å². The second-order valence-corrected chi connectivity index (χ2v) is 6.47. The average molecular weight is 368 g/mol. The molecule has 0 aromatic heterocycles. The molecule has 0 amide bonds. The smallest absolute Gasteiger partial charge is 0.176 e. The van der Waals surface area contributed by atoms with E-state index in [0.717, 1.165) is 24.0 Å². The van der Waals surface area contributed by atoms with E-state index in [1.807, 2.05) is 91.0 Å². The predicted molar refractivity (Wildman–Crippen MR) is 114 cm³/mol. The lowest BCUT2D eigenvalue weighted by molar-refractivity contribution is 0.131. The number of allylic oxidation sites excluding steroid dienone is 1. The molecule has 0 aliphatic carbocycles. The van der Waals surface area contributed by atoms with Gasteiger partial charge in [0, 0.05) is 12.5 Å². The van der Waals surface area contributed by atoms with Gasteiger partial charge in [0.15, 0.2) is 5.76 Å². The summed E-state index contributed by atoms with van der Waals surface area (Å²) in [5.74, 6) is 7.33. The highest BCUT2D eigenvalue weighted by Crippen LogP contribution is 2.32. The Morgan fingerprint density at radius 2 is 1.36 bits per heavy atom. The van der Waals surface area contributed by atoms with Crippen LogP contribution in [0.25, 0.3) is 0 Å². The second-order valence-electron chi connectivity index (χ2n) is 6.47. The van der Waals surface area contributed by atoms with Crippen LogP contribution in [-0.4, -0.2) is 5.11 Å². The van der Waals surface area contributed by atoms with Gasteiger partial charge >= 0.3 is 0 Å². The first kappa shape index (κ1) is 19.5. The molecule has 0 fully saturated rings. The van der Waals surface area contributed by atoms with E-state index in [2.05, 4.69) is 18.8 Å². The molecule has 3 rings (SSSR count). The first-order valence-electron chi connectivity index (χ1n) is 9.50. The number of unbranched alkanes of at least 4 members (excludes halogenated alkanes) is 1. The summed E-state index contributed by atoms with van der Waals surface area (Å²) in [5, 5.41) is 11.7. The molecule has 2 heteroatoms. The van der Waals surface area contributed by atoms with Crippen molar-refractivity contribution in [1.82, 2.24) is 0 Å². The molecule has 0 atom stereocenters. The summed E-state index contributed by atoms with van der Waals surface area (Å²) in [7, 11) is 0. The Kier molecular flexibility index (Phi) is 6.68. The van der Waals surface area contributed by atoms with Crippen LogP contribution in [0.3, 0.4) is 0 Å². The largest absolute Gasteiger partial charge is 0.449 e. The molecule has 0 saturated heterocycles. The summed E-state index contributed by atoms with van der Waals surface area (Å²) < 4.78 is 6.03. The Morgan fingerprint density at radius 3 is 1.86 bits per heavy atom. The Morgan fingerprint density at radius 1 is 0.857 bits per heavy atom. The number of rotatable bonds is 6. The zero-order valence-electron chi connectivity index (χ0n) is 16.0. The first-order chi connectivity index (χ1) is 13.7. The summed E-state index contributed by atoms with van der Waals surface area (Å²) in [5.41, 5.74) is 0.161. The normalized spacial score (nSPS) is 11.4. The van der Waals surface area contributed by atoms with E-state index in [1.165, 1.54) is 0 Å². The van der Waals surface area contributed by atoms with Gasteiger partial charge in [-0.2, -0.15) is 0 Å². The van der Waals surface area contributed by atoms with Crippen LogP contribution in [-0.2, 0) is 5.60 Å². The van der Waals surface area contributed by atoms with E-state index >= 15 is 0 Å². The van der Waals surface area contributed by atoms with Gasteiger partial charge < -0.3 is 9.84 Å². The number of aliphatic hydroxyl groups is 1. The van der Waals surface area contributed by atoms with Gasteiger partial charge in [0.05, 0.1) is 0 Å². The molecule has 140 valence electrons. The Bertz CT molecular complexity index is 909. The maximum atomic E-state index is 11.7. The highest BCUT2D eigenvalue weighted by atomic mass is 16.5. The quantitative estimate of drug-likeness (QED) is 0.447. The minimum atomic E-state index is -1.35. The molecule has 3 aromatic rings. The van der Waals surface area contributed by atoms with Crippen molar-refractivity contribution >= 4 is 0 Å². The van der Waals surface area contributed by atoms with Crippen LogP contribution in [0.1, 0.15) is 30.9 Å². The van der Waals surface area contributed by atoms with Gasteiger partial charge in [-0.3, -0.25) is 0 Å². The minimum Gasteiger partial charge on any atom is -0.449 e. The van der Waals surface area contributed by atoms with Gasteiger partial charge in [0.1, 0.15) is 11.4 Å². The van der Waals surface area contributed by atoms with Crippen molar-refractivity contribution < 1.29 is 9.84 Å². The molecule has 28 heavy (non-hydrogen) atoms. The number of ether oxygens (including phenoxy) is 1. The molecule has 0 unspecified atom stereocenters. The van der Waals surface area contributed by atoms with E-state index < -0.39 is 5.60 Å². The van der Waals surface area contributed by atoms with Crippen LogP contribution in [0, 0.1) is 11.8 Å². The van der Waals surface area contributed by atoms with E-state index in [9.17, 15) is 5.11 Å². The summed E-state index contributed by atoms with van der Waals surface area (Å²) >= 11 is 0. The number of hydrogen-bond donors (Lipinski definition) is 1. The summed E-state index contributed by atoms with van der Waals surface area (Å²) in [6.45, 7) is 2.08.